The lowest BCUT2D eigenvalue weighted by atomic mass is 10.00. The van der Waals surface area contributed by atoms with Gasteiger partial charge in [0.05, 0.1) is 18.2 Å². The Balaban J connectivity index is 1.95. The minimum Gasteiger partial charge on any atom is -0.321 e. The Morgan fingerprint density at radius 1 is 1.50 bits per heavy atom. The number of hydrogen-bond acceptors (Lipinski definition) is 2. The van der Waals surface area contributed by atoms with Crippen LogP contribution in [-0.2, 0) is 6.54 Å². The summed E-state index contributed by atoms with van der Waals surface area (Å²) >= 11 is 0. The smallest absolute Gasteiger partial charge is 0.321 e. The Morgan fingerprint density at radius 2 is 2.20 bits per heavy atom. The standard InChI is InChI=1S/C15H20N4O/c1-12-5-7-18(8-6-12)15(20)19(17)11-14-4-2-3-13(9-14)10-16/h2-4,9,12H,5-8,11,17H2,1H3/p+1. The molecule has 0 radical (unpaired) electrons. The molecule has 0 atom stereocenters. The minimum absolute atomic E-state index is 0.0285. The molecule has 1 heterocycles. The van der Waals surface area contributed by atoms with Crippen LogP contribution in [-0.4, -0.2) is 29.0 Å². The van der Waals surface area contributed by atoms with E-state index in [1.807, 2.05) is 17.0 Å². The predicted octanol–water partition coefficient (Wildman–Crippen LogP) is 1.37. The lowest BCUT2D eigenvalue weighted by Gasteiger charge is -2.31. The van der Waals surface area contributed by atoms with E-state index in [1.165, 1.54) is 5.01 Å². The molecule has 5 heteroatoms. The summed E-state index contributed by atoms with van der Waals surface area (Å²) in [7, 11) is 0. The van der Waals surface area contributed by atoms with Crippen molar-refractivity contribution in [3.8, 4) is 6.07 Å². The van der Waals surface area contributed by atoms with E-state index >= 15 is 0 Å². The Bertz CT molecular complexity index is 515. The molecule has 1 saturated heterocycles. The van der Waals surface area contributed by atoms with Gasteiger partial charge in [0.1, 0.15) is 0 Å². The molecule has 20 heavy (non-hydrogen) atoms. The van der Waals surface area contributed by atoms with Crippen LogP contribution in [0.3, 0.4) is 0 Å². The zero-order valence-electron chi connectivity index (χ0n) is 11.9. The van der Waals surface area contributed by atoms with Gasteiger partial charge < -0.3 is 4.90 Å². The molecule has 0 bridgehead atoms. The third-order valence-electron chi connectivity index (χ3n) is 3.75. The fraction of sp³-hybridized carbons (Fsp3) is 0.467. The molecule has 0 unspecified atom stereocenters. The van der Waals surface area contributed by atoms with E-state index in [0.29, 0.717) is 18.0 Å². The highest BCUT2D eigenvalue weighted by Crippen LogP contribution is 2.17. The summed E-state index contributed by atoms with van der Waals surface area (Å²) in [5.41, 5.74) is 1.54. The van der Waals surface area contributed by atoms with Crippen molar-refractivity contribution in [2.75, 3.05) is 13.1 Å². The summed E-state index contributed by atoms with van der Waals surface area (Å²) < 4.78 is 0. The van der Waals surface area contributed by atoms with Crippen LogP contribution < -0.4 is 5.84 Å². The average molecular weight is 273 g/mol. The molecule has 2 amide bonds. The number of quaternary nitrogens is 1. The zero-order chi connectivity index (χ0) is 14.5. The quantitative estimate of drug-likeness (QED) is 0.826. The molecule has 1 aliphatic rings. The van der Waals surface area contributed by atoms with Gasteiger partial charge >= 0.3 is 6.03 Å². The predicted molar refractivity (Wildman–Crippen MR) is 75.0 cm³/mol. The summed E-state index contributed by atoms with van der Waals surface area (Å²) in [4.78, 5) is 14.2. The third kappa shape index (κ3) is 3.49. The molecule has 0 aromatic heterocycles. The van der Waals surface area contributed by atoms with Crippen LogP contribution in [0.25, 0.3) is 0 Å². The first-order chi connectivity index (χ1) is 9.60. The maximum Gasteiger partial charge on any atom is 0.364 e. The van der Waals surface area contributed by atoms with Crippen molar-refractivity contribution < 1.29 is 10.6 Å². The molecule has 3 N–H and O–H groups in total. The molecular formula is C15H21N4O+. The van der Waals surface area contributed by atoms with Crippen LogP contribution in [0.15, 0.2) is 24.3 Å². The van der Waals surface area contributed by atoms with Crippen molar-refractivity contribution in [3.05, 3.63) is 35.4 Å². The van der Waals surface area contributed by atoms with Gasteiger partial charge in [-0.2, -0.15) is 10.3 Å². The van der Waals surface area contributed by atoms with Crippen molar-refractivity contribution in [2.24, 2.45) is 5.92 Å². The maximum atomic E-state index is 12.3. The molecule has 106 valence electrons. The van der Waals surface area contributed by atoms with E-state index in [1.54, 1.807) is 12.1 Å². The zero-order valence-corrected chi connectivity index (χ0v) is 11.9. The van der Waals surface area contributed by atoms with Gasteiger partial charge in [-0.15, -0.1) is 0 Å². The first-order valence-electron chi connectivity index (χ1n) is 6.96. The van der Waals surface area contributed by atoms with Gasteiger partial charge in [-0.1, -0.05) is 19.1 Å². The van der Waals surface area contributed by atoms with E-state index in [-0.39, 0.29) is 6.03 Å². The van der Waals surface area contributed by atoms with Crippen molar-refractivity contribution in [3.63, 3.8) is 0 Å². The highest BCUT2D eigenvalue weighted by Gasteiger charge is 2.25. The van der Waals surface area contributed by atoms with Crippen molar-refractivity contribution in [2.45, 2.75) is 26.3 Å². The van der Waals surface area contributed by atoms with E-state index in [2.05, 4.69) is 18.8 Å². The normalized spacial score (nSPS) is 15.8. The van der Waals surface area contributed by atoms with Gasteiger partial charge in [-0.25, -0.2) is 4.79 Å². The number of rotatable bonds is 2. The Kier molecular flexibility index (Phi) is 4.59. The monoisotopic (exact) mass is 273 g/mol. The molecule has 1 aliphatic heterocycles. The number of benzene rings is 1. The molecule has 0 aliphatic carbocycles. The van der Waals surface area contributed by atoms with Gasteiger partial charge in [0, 0.05) is 13.1 Å². The van der Waals surface area contributed by atoms with Gasteiger partial charge in [-0.05, 0) is 36.5 Å². The molecule has 5 nitrogen and oxygen atoms in total. The highest BCUT2D eigenvalue weighted by atomic mass is 16.2. The van der Waals surface area contributed by atoms with E-state index < -0.39 is 0 Å². The number of carbonyl (C=O) groups is 1. The van der Waals surface area contributed by atoms with Crippen molar-refractivity contribution >= 4 is 6.03 Å². The largest absolute Gasteiger partial charge is 0.364 e. The first kappa shape index (κ1) is 14.4. The molecule has 0 spiro atoms. The minimum atomic E-state index is -0.0285. The second-order valence-corrected chi connectivity index (χ2v) is 5.46. The summed E-state index contributed by atoms with van der Waals surface area (Å²) in [6.45, 7) is 4.27. The topological polar surface area (TPSA) is 75.0 Å². The fourth-order valence-electron chi connectivity index (χ4n) is 2.43. The number of nitrogens with zero attached hydrogens (tertiary/aromatic N) is 3. The lowest BCUT2D eigenvalue weighted by molar-refractivity contribution is -0.553. The molecule has 0 saturated carbocycles. The number of piperidine rings is 1. The molecule has 2 rings (SSSR count). The van der Waals surface area contributed by atoms with Gasteiger partial charge in [0.2, 0.25) is 0 Å². The van der Waals surface area contributed by atoms with E-state index in [0.717, 1.165) is 31.5 Å². The Hall–Kier alpha value is -2.06. The van der Waals surface area contributed by atoms with Crippen LogP contribution in [0, 0.1) is 17.2 Å². The molecular weight excluding hydrogens is 252 g/mol. The van der Waals surface area contributed by atoms with Crippen LogP contribution in [0.1, 0.15) is 30.9 Å². The fourth-order valence-corrected chi connectivity index (χ4v) is 2.43. The van der Waals surface area contributed by atoms with Gasteiger partial charge in [0.15, 0.2) is 0 Å². The maximum absolute atomic E-state index is 12.3. The van der Waals surface area contributed by atoms with E-state index in [4.69, 9.17) is 5.26 Å². The Morgan fingerprint density at radius 3 is 2.85 bits per heavy atom. The third-order valence-corrected chi connectivity index (χ3v) is 3.75. The van der Waals surface area contributed by atoms with E-state index in [9.17, 15) is 4.79 Å². The summed E-state index contributed by atoms with van der Waals surface area (Å²) in [6.07, 6.45) is 2.12. The summed E-state index contributed by atoms with van der Waals surface area (Å²) in [5.74, 6) is 4.54. The number of urea groups is 1. The number of nitriles is 1. The molecule has 1 aromatic rings. The molecule has 1 fully saturated rings. The second-order valence-electron chi connectivity index (χ2n) is 5.46. The van der Waals surface area contributed by atoms with Gasteiger partial charge in [-0.3, -0.25) is 5.84 Å². The summed E-state index contributed by atoms with van der Waals surface area (Å²) in [6, 6.07) is 9.36. The first-order valence-corrected chi connectivity index (χ1v) is 6.96. The van der Waals surface area contributed by atoms with Gasteiger partial charge in [0.25, 0.3) is 0 Å². The number of amides is 2. The number of carbonyl (C=O) groups excluding carboxylic acids is 1. The van der Waals surface area contributed by atoms with Crippen LogP contribution in [0.4, 0.5) is 4.79 Å². The van der Waals surface area contributed by atoms with Crippen LogP contribution >= 0.6 is 0 Å². The van der Waals surface area contributed by atoms with Crippen molar-refractivity contribution in [1.82, 2.24) is 9.91 Å². The highest BCUT2D eigenvalue weighted by molar-refractivity contribution is 5.73. The van der Waals surface area contributed by atoms with Crippen molar-refractivity contribution in [1.29, 1.82) is 5.26 Å². The Labute approximate surface area is 119 Å². The SMILES string of the molecule is CC1CCN(C(=O)N([NH3+])Cc2cccc(C#N)c2)CC1. The second kappa shape index (κ2) is 6.40. The van der Waals surface area contributed by atoms with Crippen LogP contribution in [0.5, 0.6) is 0 Å². The lowest BCUT2D eigenvalue weighted by Crippen LogP contribution is -2.71. The number of hydrogen-bond donors (Lipinski definition) is 1. The summed E-state index contributed by atoms with van der Waals surface area (Å²) in [5, 5.41) is 10.4. The van der Waals surface area contributed by atoms with Crippen LogP contribution in [0.2, 0.25) is 0 Å². The average Bonchev–Trinajstić information content (AvgIpc) is 2.47. The number of likely N-dealkylation sites (tertiary alicyclic amines) is 1. The molecule has 1 aromatic carbocycles.